The molecular formula is C13H19F2NO2. The predicted octanol–water partition coefficient (Wildman–Crippen LogP) is 2.01. The average molecular weight is 259 g/mol. The Morgan fingerprint density at radius 2 is 2.06 bits per heavy atom. The maximum Gasteiger partial charge on any atom is 0.129 e. The molecule has 0 fully saturated rings. The Morgan fingerprint density at radius 1 is 1.39 bits per heavy atom. The summed E-state index contributed by atoms with van der Waals surface area (Å²) in [5.74, 6) is -1.18. The van der Waals surface area contributed by atoms with Gasteiger partial charge in [0.15, 0.2) is 0 Å². The molecule has 0 bridgehead atoms. The Morgan fingerprint density at radius 3 is 2.67 bits per heavy atom. The molecule has 0 saturated heterocycles. The van der Waals surface area contributed by atoms with E-state index in [1.165, 1.54) is 0 Å². The van der Waals surface area contributed by atoms with Crippen LogP contribution in [0, 0.1) is 11.6 Å². The van der Waals surface area contributed by atoms with Crippen LogP contribution in [0.15, 0.2) is 18.2 Å². The summed E-state index contributed by atoms with van der Waals surface area (Å²) < 4.78 is 31.5. The SMILES string of the molecule is COC(C)(C)CNCC(O)c1cc(F)ccc1F. The summed E-state index contributed by atoms with van der Waals surface area (Å²) in [6.07, 6.45) is -1.09. The van der Waals surface area contributed by atoms with Crippen molar-refractivity contribution in [3.63, 3.8) is 0 Å². The van der Waals surface area contributed by atoms with Crippen LogP contribution in [0.3, 0.4) is 0 Å². The molecule has 5 heteroatoms. The topological polar surface area (TPSA) is 41.5 Å². The zero-order valence-corrected chi connectivity index (χ0v) is 10.8. The molecule has 0 spiro atoms. The lowest BCUT2D eigenvalue weighted by Gasteiger charge is -2.24. The van der Waals surface area contributed by atoms with Gasteiger partial charge < -0.3 is 15.2 Å². The Kier molecular flexibility index (Phi) is 5.19. The van der Waals surface area contributed by atoms with Crippen molar-refractivity contribution >= 4 is 0 Å². The van der Waals surface area contributed by atoms with Crippen molar-refractivity contribution in [1.29, 1.82) is 0 Å². The van der Waals surface area contributed by atoms with Crippen LogP contribution in [0.5, 0.6) is 0 Å². The number of ether oxygens (including phenoxy) is 1. The molecule has 3 nitrogen and oxygen atoms in total. The van der Waals surface area contributed by atoms with Crippen molar-refractivity contribution in [3.05, 3.63) is 35.4 Å². The van der Waals surface area contributed by atoms with E-state index in [2.05, 4.69) is 5.32 Å². The lowest BCUT2D eigenvalue weighted by atomic mass is 10.1. The van der Waals surface area contributed by atoms with Crippen LogP contribution in [0.4, 0.5) is 8.78 Å². The molecule has 1 unspecified atom stereocenters. The molecule has 0 amide bonds. The van der Waals surface area contributed by atoms with Crippen molar-refractivity contribution in [2.45, 2.75) is 25.6 Å². The second-order valence-corrected chi connectivity index (χ2v) is 4.78. The number of aliphatic hydroxyl groups excluding tert-OH is 1. The summed E-state index contributed by atoms with van der Waals surface area (Å²) in [5.41, 5.74) is -0.419. The number of hydrogen-bond donors (Lipinski definition) is 2. The highest BCUT2D eigenvalue weighted by atomic mass is 19.1. The fraction of sp³-hybridized carbons (Fsp3) is 0.538. The third-order valence-electron chi connectivity index (χ3n) is 2.76. The molecule has 1 aromatic rings. The molecule has 1 atom stereocenters. The van der Waals surface area contributed by atoms with Gasteiger partial charge in [-0.25, -0.2) is 8.78 Å². The highest BCUT2D eigenvalue weighted by molar-refractivity contribution is 5.21. The number of nitrogens with one attached hydrogen (secondary N) is 1. The first-order valence-electron chi connectivity index (χ1n) is 5.74. The number of benzene rings is 1. The van der Waals surface area contributed by atoms with Crippen molar-refractivity contribution in [3.8, 4) is 0 Å². The number of methoxy groups -OCH3 is 1. The van der Waals surface area contributed by atoms with Gasteiger partial charge in [0.05, 0.1) is 11.7 Å². The maximum atomic E-state index is 13.4. The molecule has 0 aliphatic heterocycles. The first-order chi connectivity index (χ1) is 8.35. The molecule has 0 radical (unpaired) electrons. The van der Waals surface area contributed by atoms with Gasteiger partial charge in [0.1, 0.15) is 11.6 Å². The standard InChI is InChI=1S/C13H19F2NO2/c1-13(2,18-3)8-16-7-12(17)10-6-9(14)4-5-11(10)15/h4-6,12,16-17H,7-8H2,1-3H3. The lowest BCUT2D eigenvalue weighted by Crippen LogP contribution is -2.38. The number of halogens is 2. The molecule has 0 saturated carbocycles. The van der Waals surface area contributed by atoms with E-state index < -0.39 is 17.7 Å². The Hall–Kier alpha value is -1.04. The summed E-state index contributed by atoms with van der Waals surface area (Å²) in [7, 11) is 1.59. The van der Waals surface area contributed by atoms with E-state index in [1.807, 2.05) is 13.8 Å². The number of rotatable bonds is 6. The lowest BCUT2D eigenvalue weighted by molar-refractivity contribution is 0.0206. The van der Waals surface area contributed by atoms with E-state index in [9.17, 15) is 13.9 Å². The van der Waals surface area contributed by atoms with E-state index in [0.717, 1.165) is 18.2 Å². The van der Waals surface area contributed by atoms with Crippen molar-refractivity contribution in [2.75, 3.05) is 20.2 Å². The second-order valence-electron chi connectivity index (χ2n) is 4.78. The third-order valence-corrected chi connectivity index (χ3v) is 2.76. The summed E-state index contributed by atoms with van der Waals surface area (Å²) in [4.78, 5) is 0. The number of hydrogen-bond acceptors (Lipinski definition) is 3. The molecular weight excluding hydrogens is 240 g/mol. The van der Waals surface area contributed by atoms with E-state index in [-0.39, 0.29) is 17.7 Å². The van der Waals surface area contributed by atoms with Crippen LogP contribution in [0.2, 0.25) is 0 Å². The van der Waals surface area contributed by atoms with E-state index in [1.54, 1.807) is 7.11 Å². The minimum absolute atomic E-state index is 0.0438. The molecule has 0 aliphatic rings. The van der Waals surface area contributed by atoms with Crippen molar-refractivity contribution in [2.24, 2.45) is 0 Å². The normalized spacial score (nSPS) is 13.7. The predicted molar refractivity (Wildman–Crippen MR) is 65.3 cm³/mol. The van der Waals surface area contributed by atoms with Gasteiger partial charge in [-0.2, -0.15) is 0 Å². The molecule has 1 aromatic carbocycles. The summed E-state index contributed by atoms with van der Waals surface area (Å²) in [6, 6.07) is 3.03. The first-order valence-corrected chi connectivity index (χ1v) is 5.74. The number of aliphatic hydroxyl groups is 1. The minimum atomic E-state index is -1.09. The summed E-state index contributed by atoms with van der Waals surface area (Å²) in [6.45, 7) is 4.40. The fourth-order valence-corrected chi connectivity index (χ4v) is 1.46. The van der Waals surface area contributed by atoms with Gasteiger partial charge >= 0.3 is 0 Å². The zero-order valence-electron chi connectivity index (χ0n) is 10.8. The Bertz CT molecular complexity index is 397. The van der Waals surface area contributed by atoms with Crippen LogP contribution in [0.25, 0.3) is 0 Å². The Labute approximate surface area is 106 Å². The van der Waals surface area contributed by atoms with E-state index in [0.29, 0.717) is 6.54 Å². The van der Waals surface area contributed by atoms with Crippen LogP contribution < -0.4 is 5.32 Å². The van der Waals surface area contributed by atoms with Gasteiger partial charge in [0.25, 0.3) is 0 Å². The molecule has 102 valence electrons. The smallest absolute Gasteiger partial charge is 0.129 e. The molecule has 0 aromatic heterocycles. The van der Waals surface area contributed by atoms with Gasteiger partial charge in [-0.1, -0.05) is 0 Å². The van der Waals surface area contributed by atoms with Crippen LogP contribution >= 0.6 is 0 Å². The average Bonchev–Trinajstić information content (AvgIpc) is 2.32. The largest absolute Gasteiger partial charge is 0.387 e. The van der Waals surface area contributed by atoms with Gasteiger partial charge in [-0.05, 0) is 32.0 Å². The van der Waals surface area contributed by atoms with Crippen molar-refractivity contribution < 1.29 is 18.6 Å². The summed E-state index contributed by atoms with van der Waals surface area (Å²) in [5, 5.41) is 12.7. The van der Waals surface area contributed by atoms with Crippen LogP contribution in [-0.4, -0.2) is 30.9 Å². The molecule has 1 rings (SSSR count). The maximum absolute atomic E-state index is 13.4. The highest BCUT2D eigenvalue weighted by Crippen LogP contribution is 2.17. The van der Waals surface area contributed by atoms with Gasteiger partial charge in [-0.15, -0.1) is 0 Å². The van der Waals surface area contributed by atoms with Crippen LogP contribution in [-0.2, 0) is 4.74 Å². The Balaban J connectivity index is 2.55. The van der Waals surface area contributed by atoms with E-state index in [4.69, 9.17) is 4.74 Å². The molecule has 0 heterocycles. The molecule has 18 heavy (non-hydrogen) atoms. The summed E-state index contributed by atoms with van der Waals surface area (Å²) >= 11 is 0. The van der Waals surface area contributed by atoms with E-state index >= 15 is 0 Å². The first kappa shape index (κ1) is 15.0. The van der Waals surface area contributed by atoms with Crippen LogP contribution in [0.1, 0.15) is 25.5 Å². The second kappa shape index (κ2) is 6.22. The monoisotopic (exact) mass is 259 g/mol. The van der Waals surface area contributed by atoms with Crippen molar-refractivity contribution in [1.82, 2.24) is 5.32 Å². The zero-order chi connectivity index (χ0) is 13.8. The minimum Gasteiger partial charge on any atom is -0.387 e. The quantitative estimate of drug-likeness (QED) is 0.821. The fourth-order valence-electron chi connectivity index (χ4n) is 1.46. The highest BCUT2D eigenvalue weighted by Gasteiger charge is 2.18. The third kappa shape index (κ3) is 4.33. The van der Waals surface area contributed by atoms with Gasteiger partial charge in [0.2, 0.25) is 0 Å². The molecule has 0 aliphatic carbocycles. The van der Waals surface area contributed by atoms with Gasteiger partial charge in [0, 0.05) is 25.8 Å². The molecule has 2 N–H and O–H groups in total. The van der Waals surface area contributed by atoms with Gasteiger partial charge in [-0.3, -0.25) is 0 Å².